The monoisotopic (exact) mass is 348 g/mol. The molecule has 1 heterocycles. The molecule has 0 spiro atoms. The van der Waals surface area contributed by atoms with E-state index >= 15 is 0 Å². The molecule has 0 saturated heterocycles. The minimum Gasteiger partial charge on any atom is -0.349 e. The SMILES string of the molecule is O=C(NC1CC1)c1cccc(Nc2ccnc(-c3ccc(F)cc3)n2)c1. The first-order chi connectivity index (χ1) is 12.7. The number of benzene rings is 2. The number of nitrogens with zero attached hydrogens (tertiary/aromatic N) is 2. The van der Waals surface area contributed by atoms with Crippen LogP contribution in [-0.4, -0.2) is 21.9 Å². The van der Waals surface area contributed by atoms with Gasteiger partial charge in [-0.2, -0.15) is 0 Å². The molecule has 5 nitrogen and oxygen atoms in total. The van der Waals surface area contributed by atoms with E-state index in [2.05, 4.69) is 20.6 Å². The second-order valence-electron chi connectivity index (χ2n) is 6.23. The van der Waals surface area contributed by atoms with Crippen molar-refractivity contribution in [3.63, 3.8) is 0 Å². The third-order valence-electron chi connectivity index (χ3n) is 4.07. The summed E-state index contributed by atoms with van der Waals surface area (Å²) in [6.07, 6.45) is 3.74. The molecule has 1 saturated carbocycles. The molecule has 6 heteroatoms. The molecule has 1 aliphatic rings. The molecule has 1 aliphatic carbocycles. The molecule has 0 unspecified atom stereocenters. The summed E-state index contributed by atoms with van der Waals surface area (Å²) in [6, 6.07) is 15.4. The summed E-state index contributed by atoms with van der Waals surface area (Å²) in [5.41, 5.74) is 2.10. The third kappa shape index (κ3) is 3.85. The Bertz CT molecular complexity index is 939. The van der Waals surface area contributed by atoms with Crippen LogP contribution in [-0.2, 0) is 0 Å². The van der Waals surface area contributed by atoms with Crippen molar-refractivity contribution in [2.45, 2.75) is 18.9 Å². The van der Waals surface area contributed by atoms with Gasteiger partial charge in [-0.25, -0.2) is 14.4 Å². The van der Waals surface area contributed by atoms with Gasteiger partial charge in [0.15, 0.2) is 5.82 Å². The Kier molecular flexibility index (Phi) is 4.31. The van der Waals surface area contributed by atoms with Gasteiger partial charge in [0.25, 0.3) is 5.91 Å². The third-order valence-corrected chi connectivity index (χ3v) is 4.07. The summed E-state index contributed by atoms with van der Waals surface area (Å²) >= 11 is 0. The van der Waals surface area contributed by atoms with Crippen LogP contribution in [0.1, 0.15) is 23.2 Å². The lowest BCUT2D eigenvalue weighted by Crippen LogP contribution is -2.25. The predicted molar refractivity (Wildman–Crippen MR) is 97.6 cm³/mol. The van der Waals surface area contributed by atoms with E-state index in [1.807, 2.05) is 12.1 Å². The zero-order valence-corrected chi connectivity index (χ0v) is 13.9. The number of carbonyl (C=O) groups is 1. The van der Waals surface area contributed by atoms with Crippen LogP contribution in [0.3, 0.4) is 0 Å². The highest BCUT2D eigenvalue weighted by Crippen LogP contribution is 2.22. The molecule has 130 valence electrons. The van der Waals surface area contributed by atoms with Crippen molar-refractivity contribution < 1.29 is 9.18 Å². The second kappa shape index (κ2) is 6.92. The van der Waals surface area contributed by atoms with Gasteiger partial charge in [0.2, 0.25) is 0 Å². The van der Waals surface area contributed by atoms with Gasteiger partial charge in [-0.15, -0.1) is 0 Å². The van der Waals surface area contributed by atoms with Crippen LogP contribution < -0.4 is 10.6 Å². The summed E-state index contributed by atoms with van der Waals surface area (Å²) < 4.78 is 13.1. The molecule has 2 aromatic carbocycles. The van der Waals surface area contributed by atoms with Gasteiger partial charge in [0, 0.05) is 29.1 Å². The molecule has 4 rings (SSSR count). The largest absolute Gasteiger partial charge is 0.349 e. The zero-order chi connectivity index (χ0) is 17.9. The number of nitrogens with one attached hydrogen (secondary N) is 2. The quantitative estimate of drug-likeness (QED) is 0.733. The number of hydrogen-bond donors (Lipinski definition) is 2. The summed E-state index contributed by atoms with van der Waals surface area (Å²) in [5, 5.41) is 6.16. The number of anilines is 2. The fourth-order valence-electron chi connectivity index (χ4n) is 2.55. The van der Waals surface area contributed by atoms with Gasteiger partial charge in [0.05, 0.1) is 0 Å². The molecular weight excluding hydrogens is 331 g/mol. The van der Waals surface area contributed by atoms with Gasteiger partial charge in [0.1, 0.15) is 11.6 Å². The number of hydrogen-bond acceptors (Lipinski definition) is 4. The summed E-state index contributed by atoms with van der Waals surface area (Å²) in [6.45, 7) is 0. The lowest BCUT2D eigenvalue weighted by Gasteiger charge is -2.09. The molecule has 0 atom stereocenters. The standard InChI is InChI=1S/C20H17FN4O/c21-15-6-4-13(5-7-15)19-22-11-10-18(25-19)23-17-3-1-2-14(12-17)20(26)24-16-8-9-16/h1-7,10-12,16H,8-9H2,(H,24,26)(H,22,23,25). The molecule has 0 bridgehead atoms. The molecule has 3 aromatic rings. The average Bonchev–Trinajstić information content (AvgIpc) is 3.47. The van der Waals surface area contributed by atoms with Crippen molar-refractivity contribution in [2.75, 3.05) is 5.32 Å². The van der Waals surface area contributed by atoms with E-state index in [1.165, 1.54) is 12.1 Å². The van der Waals surface area contributed by atoms with Crippen molar-refractivity contribution in [3.05, 3.63) is 72.2 Å². The van der Waals surface area contributed by atoms with E-state index in [-0.39, 0.29) is 11.7 Å². The Balaban J connectivity index is 1.53. The van der Waals surface area contributed by atoms with Crippen molar-refractivity contribution in [1.29, 1.82) is 0 Å². The van der Waals surface area contributed by atoms with Crippen molar-refractivity contribution in [3.8, 4) is 11.4 Å². The van der Waals surface area contributed by atoms with Crippen molar-refractivity contribution >= 4 is 17.4 Å². The lowest BCUT2D eigenvalue weighted by atomic mass is 10.2. The van der Waals surface area contributed by atoms with Crippen LogP contribution in [0.25, 0.3) is 11.4 Å². The number of rotatable bonds is 5. The van der Waals surface area contributed by atoms with Crippen LogP contribution in [0.15, 0.2) is 60.8 Å². The first-order valence-corrected chi connectivity index (χ1v) is 8.44. The van der Waals surface area contributed by atoms with Crippen LogP contribution in [0, 0.1) is 5.82 Å². The van der Waals surface area contributed by atoms with E-state index in [0.29, 0.717) is 23.2 Å². The van der Waals surface area contributed by atoms with E-state index in [1.54, 1.807) is 36.5 Å². The van der Waals surface area contributed by atoms with Gasteiger partial charge in [-0.05, 0) is 61.4 Å². The maximum absolute atomic E-state index is 13.1. The van der Waals surface area contributed by atoms with E-state index in [4.69, 9.17) is 0 Å². The molecule has 26 heavy (non-hydrogen) atoms. The van der Waals surface area contributed by atoms with Crippen molar-refractivity contribution in [1.82, 2.24) is 15.3 Å². The predicted octanol–water partition coefficient (Wildman–Crippen LogP) is 3.92. The Morgan fingerprint density at radius 3 is 2.65 bits per heavy atom. The topological polar surface area (TPSA) is 66.9 Å². The Morgan fingerprint density at radius 2 is 1.88 bits per heavy atom. The minimum absolute atomic E-state index is 0.0640. The van der Waals surface area contributed by atoms with Gasteiger partial charge < -0.3 is 10.6 Å². The molecule has 1 aromatic heterocycles. The number of aromatic nitrogens is 2. The Morgan fingerprint density at radius 1 is 1.08 bits per heavy atom. The number of carbonyl (C=O) groups excluding carboxylic acids is 1. The normalized spacial score (nSPS) is 13.3. The van der Waals surface area contributed by atoms with Crippen molar-refractivity contribution in [2.24, 2.45) is 0 Å². The molecule has 1 fully saturated rings. The second-order valence-corrected chi connectivity index (χ2v) is 6.23. The minimum atomic E-state index is -0.302. The zero-order valence-electron chi connectivity index (χ0n) is 13.9. The number of amides is 1. The molecular formula is C20H17FN4O. The maximum atomic E-state index is 13.1. The first-order valence-electron chi connectivity index (χ1n) is 8.44. The highest BCUT2D eigenvalue weighted by Gasteiger charge is 2.23. The Hall–Kier alpha value is -3.28. The van der Waals surface area contributed by atoms with Crippen LogP contribution >= 0.6 is 0 Å². The van der Waals surface area contributed by atoms with Crippen LogP contribution in [0.5, 0.6) is 0 Å². The summed E-state index contributed by atoms with van der Waals surface area (Å²) in [4.78, 5) is 20.9. The molecule has 0 radical (unpaired) electrons. The van der Waals surface area contributed by atoms with Gasteiger partial charge in [-0.3, -0.25) is 4.79 Å². The van der Waals surface area contributed by atoms with E-state index in [9.17, 15) is 9.18 Å². The van der Waals surface area contributed by atoms with Gasteiger partial charge in [-0.1, -0.05) is 6.07 Å². The number of halogens is 1. The fraction of sp³-hybridized carbons (Fsp3) is 0.150. The highest BCUT2D eigenvalue weighted by atomic mass is 19.1. The summed E-state index contributed by atoms with van der Waals surface area (Å²) in [7, 11) is 0. The van der Waals surface area contributed by atoms with Crippen LogP contribution in [0.4, 0.5) is 15.9 Å². The maximum Gasteiger partial charge on any atom is 0.251 e. The fourth-order valence-corrected chi connectivity index (χ4v) is 2.55. The summed E-state index contributed by atoms with van der Waals surface area (Å²) in [5.74, 6) is 0.729. The van der Waals surface area contributed by atoms with E-state index in [0.717, 1.165) is 24.1 Å². The highest BCUT2D eigenvalue weighted by molar-refractivity contribution is 5.95. The van der Waals surface area contributed by atoms with Crippen LogP contribution in [0.2, 0.25) is 0 Å². The lowest BCUT2D eigenvalue weighted by molar-refractivity contribution is 0.0951. The molecule has 0 aliphatic heterocycles. The average molecular weight is 348 g/mol. The van der Waals surface area contributed by atoms with Gasteiger partial charge >= 0.3 is 0 Å². The first kappa shape index (κ1) is 16.2. The molecule has 1 amide bonds. The Labute approximate surface area is 150 Å². The van der Waals surface area contributed by atoms with E-state index < -0.39 is 0 Å². The smallest absolute Gasteiger partial charge is 0.251 e. The molecule has 2 N–H and O–H groups in total.